The average molecular weight is 351 g/mol. The van der Waals surface area contributed by atoms with Crippen molar-refractivity contribution in [3.05, 3.63) is 48.0 Å². The first-order valence-corrected chi connectivity index (χ1v) is 9.90. The van der Waals surface area contributed by atoms with Crippen LogP contribution in [0.5, 0.6) is 0 Å². The van der Waals surface area contributed by atoms with E-state index in [0.717, 1.165) is 43.6 Å². The van der Waals surface area contributed by atoms with Gasteiger partial charge in [-0.3, -0.25) is 9.88 Å². The predicted molar refractivity (Wildman–Crippen MR) is 104 cm³/mol. The predicted octanol–water partition coefficient (Wildman–Crippen LogP) is 3.17. The Morgan fingerprint density at radius 1 is 1.12 bits per heavy atom. The van der Waals surface area contributed by atoms with Gasteiger partial charge < -0.3 is 4.90 Å². The standard InChI is InChI=1S/C21H29N5/c1-3-16-11-23-21(24-12-16)26-13-17-7-6-9-20(19(17)15-26)25(2)14-18-8-4-5-10-22-18/h4-5,8,10-12,17,19-20H,3,6-7,9,13-15H2,1-2H3/t17-,19+,20?/m1/s1. The number of hydrogen-bond donors (Lipinski definition) is 0. The van der Waals surface area contributed by atoms with Crippen molar-refractivity contribution in [3.8, 4) is 0 Å². The van der Waals surface area contributed by atoms with Gasteiger partial charge in [-0.1, -0.05) is 19.4 Å². The van der Waals surface area contributed by atoms with Crippen LogP contribution in [-0.2, 0) is 13.0 Å². The number of anilines is 1. The summed E-state index contributed by atoms with van der Waals surface area (Å²) in [7, 11) is 2.26. The molecule has 0 amide bonds. The van der Waals surface area contributed by atoms with Crippen LogP contribution in [0, 0.1) is 11.8 Å². The van der Waals surface area contributed by atoms with Gasteiger partial charge >= 0.3 is 0 Å². The normalized spacial score (nSPS) is 25.5. The Morgan fingerprint density at radius 2 is 1.96 bits per heavy atom. The van der Waals surface area contributed by atoms with Crippen LogP contribution in [0.25, 0.3) is 0 Å². The van der Waals surface area contributed by atoms with Gasteiger partial charge in [-0.25, -0.2) is 9.97 Å². The number of pyridine rings is 1. The third-order valence-corrected chi connectivity index (χ3v) is 6.15. The second-order valence-corrected chi connectivity index (χ2v) is 7.81. The van der Waals surface area contributed by atoms with E-state index in [-0.39, 0.29) is 0 Å². The highest BCUT2D eigenvalue weighted by molar-refractivity contribution is 5.33. The van der Waals surface area contributed by atoms with Crippen molar-refractivity contribution < 1.29 is 0 Å². The maximum atomic E-state index is 4.62. The molecule has 0 spiro atoms. The van der Waals surface area contributed by atoms with Crippen molar-refractivity contribution in [2.45, 2.75) is 45.2 Å². The fourth-order valence-corrected chi connectivity index (χ4v) is 4.71. The summed E-state index contributed by atoms with van der Waals surface area (Å²) >= 11 is 0. The van der Waals surface area contributed by atoms with Crippen molar-refractivity contribution in [1.82, 2.24) is 19.9 Å². The maximum Gasteiger partial charge on any atom is 0.225 e. The summed E-state index contributed by atoms with van der Waals surface area (Å²) in [5, 5.41) is 0. The Balaban J connectivity index is 1.45. The number of hydrogen-bond acceptors (Lipinski definition) is 5. The molecule has 2 aromatic heterocycles. The summed E-state index contributed by atoms with van der Waals surface area (Å²) in [4.78, 5) is 18.7. The molecular weight excluding hydrogens is 322 g/mol. The van der Waals surface area contributed by atoms with Gasteiger partial charge in [0.15, 0.2) is 0 Å². The van der Waals surface area contributed by atoms with E-state index in [9.17, 15) is 0 Å². The SMILES string of the molecule is CCc1cnc(N2C[C@H]3CCCC(N(C)Cc4ccccn4)[C@H]3C2)nc1. The monoisotopic (exact) mass is 351 g/mol. The minimum absolute atomic E-state index is 0.621. The summed E-state index contributed by atoms with van der Waals surface area (Å²) in [6.07, 6.45) is 10.8. The van der Waals surface area contributed by atoms with E-state index in [1.807, 2.05) is 24.7 Å². The maximum absolute atomic E-state index is 4.62. The molecule has 2 aromatic rings. The molecule has 138 valence electrons. The highest BCUT2D eigenvalue weighted by atomic mass is 15.3. The second-order valence-electron chi connectivity index (χ2n) is 7.81. The molecule has 1 unspecified atom stereocenters. The molecule has 1 aliphatic carbocycles. The van der Waals surface area contributed by atoms with Gasteiger partial charge in [-0.15, -0.1) is 0 Å². The summed E-state index contributed by atoms with van der Waals surface area (Å²) < 4.78 is 0. The lowest BCUT2D eigenvalue weighted by atomic mass is 9.77. The number of fused-ring (bicyclic) bond motifs is 1. The highest BCUT2D eigenvalue weighted by Gasteiger charge is 2.42. The van der Waals surface area contributed by atoms with Crippen molar-refractivity contribution in [2.24, 2.45) is 11.8 Å². The van der Waals surface area contributed by atoms with Crippen LogP contribution < -0.4 is 4.90 Å². The molecule has 2 fully saturated rings. The molecule has 3 heterocycles. The van der Waals surface area contributed by atoms with Crippen LogP contribution in [0.3, 0.4) is 0 Å². The van der Waals surface area contributed by atoms with Gasteiger partial charge in [-0.05, 0) is 55.8 Å². The van der Waals surface area contributed by atoms with E-state index >= 15 is 0 Å². The van der Waals surface area contributed by atoms with Crippen molar-refractivity contribution in [1.29, 1.82) is 0 Å². The fraction of sp³-hybridized carbons (Fsp3) is 0.571. The first-order chi connectivity index (χ1) is 12.7. The molecule has 1 saturated heterocycles. The van der Waals surface area contributed by atoms with Crippen molar-refractivity contribution in [3.63, 3.8) is 0 Å². The van der Waals surface area contributed by atoms with Gasteiger partial charge in [0.05, 0.1) is 5.69 Å². The Bertz CT molecular complexity index is 702. The smallest absolute Gasteiger partial charge is 0.225 e. The number of rotatable bonds is 5. The van der Waals surface area contributed by atoms with Crippen LogP contribution in [0.2, 0.25) is 0 Å². The van der Waals surface area contributed by atoms with Gasteiger partial charge in [0, 0.05) is 44.3 Å². The van der Waals surface area contributed by atoms with Crippen molar-refractivity contribution >= 4 is 5.95 Å². The lowest BCUT2D eigenvalue weighted by Crippen LogP contribution is -2.43. The average Bonchev–Trinajstić information content (AvgIpc) is 3.13. The summed E-state index contributed by atoms with van der Waals surface area (Å²) in [6, 6.07) is 6.81. The van der Waals surface area contributed by atoms with E-state index in [1.54, 1.807) is 0 Å². The van der Waals surface area contributed by atoms with Crippen LogP contribution in [-0.4, -0.2) is 46.0 Å². The van der Waals surface area contributed by atoms with Crippen LogP contribution in [0.4, 0.5) is 5.95 Å². The number of aryl methyl sites for hydroxylation is 1. The fourth-order valence-electron chi connectivity index (χ4n) is 4.71. The molecule has 0 bridgehead atoms. The zero-order valence-corrected chi connectivity index (χ0v) is 15.9. The van der Waals surface area contributed by atoms with Gasteiger partial charge in [-0.2, -0.15) is 0 Å². The third kappa shape index (κ3) is 3.58. The topological polar surface area (TPSA) is 45.2 Å². The summed E-state index contributed by atoms with van der Waals surface area (Å²) in [5.41, 5.74) is 2.36. The molecular formula is C21H29N5. The minimum atomic E-state index is 0.621. The van der Waals surface area contributed by atoms with Crippen LogP contribution >= 0.6 is 0 Å². The first kappa shape index (κ1) is 17.4. The molecule has 26 heavy (non-hydrogen) atoms. The lowest BCUT2D eigenvalue weighted by Gasteiger charge is -2.38. The second kappa shape index (κ2) is 7.70. The van der Waals surface area contributed by atoms with Gasteiger partial charge in [0.2, 0.25) is 5.95 Å². The van der Waals surface area contributed by atoms with Gasteiger partial charge in [0.1, 0.15) is 0 Å². The highest BCUT2D eigenvalue weighted by Crippen LogP contribution is 2.39. The molecule has 0 radical (unpaired) electrons. The van der Waals surface area contributed by atoms with E-state index < -0.39 is 0 Å². The van der Waals surface area contributed by atoms with E-state index in [0.29, 0.717) is 12.0 Å². The zero-order chi connectivity index (χ0) is 17.9. The van der Waals surface area contributed by atoms with E-state index in [4.69, 9.17) is 0 Å². The molecule has 0 N–H and O–H groups in total. The Morgan fingerprint density at radius 3 is 2.69 bits per heavy atom. The van der Waals surface area contributed by atoms with E-state index in [2.05, 4.69) is 50.9 Å². The molecule has 1 saturated carbocycles. The minimum Gasteiger partial charge on any atom is -0.340 e. The molecule has 2 aliphatic rings. The largest absolute Gasteiger partial charge is 0.340 e. The molecule has 4 rings (SSSR count). The van der Waals surface area contributed by atoms with E-state index in [1.165, 1.54) is 24.8 Å². The zero-order valence-electron chi connectivity index (χ0n) is 15.9. The molecule has 0 aromatic carbocycles. The molecule has 1 aliphatic heterocycles. The number of nitrogens with zero attached hydrogens (tertiary/aromatic N) is 5. The quantitative estimate of drug-likeness (QED) is 0.828. The summed E-state index contributed by atoms with van der Waals surface area (Å²) in [6.45, 7) is 5.25. The van der Waals surface area contributed by atoms with Crippen molar-refractivity contribution in [2.75, 3.05) is 25.0 Å². The first-order valence-electron chi connectivity index (χ1n) is 9.90. The Kier molecular flexibility index (Phi) is 5.16. The van der Waals surface area contributed by atoms with Crippen LogP contribution in [0.1, 0.15) is 37.4 Å². The lowest BCUT2D eigenvalue weighted by molar-refractivity contribution is 0.105. The molecule has 3 atom stereocenters. The molecule has 5 heteroatoms. The number of aromatic nitrogens is 3. The Hall–Kier alpha value is -2.01. The Labute approximate surface area is 156 Å². The third-order valence-electron chi connectivity index (χ3n) is 6.15. The van der Waals surface area contributed by atoms with Gasteiger partial charge in [0.25, 0.3) is 0 Å². The van der Waals surface area contributed by atoms with Crippen LogP contribution in [0.15, 0.2) is 36.8 Å². The summed E-state index contributed by atoms with van der Waals surface area (Å²) in [5.74, 6) is 2.36. The molecule has 5 nitrogen and oxygen atoms in total.